The van der Waals surface area contributed by atoms with Crippen molar-refractivity contribution in [3.8, 4) is 5.75 Å². The average molecular weight is 330 g/mol. The van der Waals surface area contributed by atoms with Crippen LogP contribution in [0.3, 0.4) is 0 Å². The topological polar surface area (TPSA) is 64.3 Å². The molecule has 0 radical (unpaired) electrons. The van der Waals surface area contributed by atoms with Crippen molar-refractivity contribution < 1.29 is 9.13 Å². The molecule has 1 aromatic carbocycles. The molecule has 1 unspecified atom stereocenters. The van der Waals surface area contributed by atoms with Gasteiger partial charge in [-0.2, -0.15) is 4.98 Å². The van der Waals surface area contributed by atoms with Gasteiger partial charge in [0.2, 0.25) is 5.95 Å². The summed E-state index contributed by atoms with van der Waals surface area (Å²) in [6, 6.07) is 6.72. The number of methoxy groups -OCH3 is 1. The molecule has 24 heavy (non-hydrogen) atoms. The molecule has 2 heterocycles. The minimum atomic E-state index is -0.216. The fourth-order valence-electron chi connectivity index (χ4n) is 3.33. The van der Waals surface area contributed by atoms with Crippen molar-refractivity contribution in [1.82, 2.24) is 9.97 Å². The summed E-state index contributed by atoms with van der Waals surface area (Å²) in [4.78, 5) is 10.7. The van der Waals surface area contributed by atoms with Crippen LogP contribution in [-0.2, 0) is 0 Å². The monoisotopic (exact) mass is 330 g/mol. The minimum Gasteiger partial charge on any atom is -0.497 e. The van der Waals surface area contributed by atoms with Gasteiger partial charge >= 0.3 is 0 Å². The van der Waals surface area contributed by atoms with Crippen LogP contribution in [0.25, 0.3) is 0 Å². The van der Waals surface area contributed by atoms with E-state index in [0.717, 1.165) is 43.7 Å². The van der Waals surface area contributed by atoms with E-state index in [9.17, 15) is 4.39 Å². The zero-order valence-corrected chi connectivity index (χ0v) is 14.1. The number of nitrogen functional groups attached to an aromatic ring is 1. The summed E-state index contributed by atoms with van der Waals surface area (Å²) in [5.74, 6) is 1.45. The molecule has 2 N–H and O–H groups in total. The second-order valence-electron chi connectivity index (χ2n) is 6.17. The maximum atomic E-state index is 14.5. The Morgan fingerprint density at radius 2 is 2.04 bits per heavy atom. The number of ether oxygens (including phenoxy) is 1. The third kappa shape index (κ3) is 3.42. The van der Waals surface area contributed by atoms with Gasteiger partial charge in [-0.3, -0.25) is 0 Å². The van der Waals surface area contributed by atoms with Gasteiger partial charge in [0.1, 0.15) is 17.4 Å². The van der Waals surface area contributed by atoms with Crippen LogP contribution in [0, 0.1) is 12.7 Å². The van der Waals surface area contributed by atoms with Crippen molar-refractivity contribution in [2.24, 2.45) is 0 Å². The molecule has 1 aliphatic rings. The molecule has 6 heteroatoms. The summed E-state index contributed by atoms with van der Waals surface area (Å²) in [7, 11) is 1.59. The van der Waals surface area contributed by atoms with Gasteiger partial charge in [0.15, 0.2) is 0 Å². The van der Waals surface area contributed by atoms with Gasteiger partial charge in [-0.15, -0.1) is 0 Å². The van der Waals surface area contributed by atoms with Crippen LogP contribution in [0.5, 0.6) is 5.75 Å². The second-order valence-corrected chi connectivity index (χ2v) is 6.17. The van der Waals surface area contributed by atoms with Gasteiger partial charge in [-0.05, 0) is 38.0 Å². The highest BCUT2D eigenvalue weighted by molar-refractivity contribution is 5.47. The Bertz CT molecular complexity index is 702. The highest BCUT2D eigenvalue weighted by atomic mass is 19.1. The SMILES string of the molecule is COc1ccc(F)c(C2CCCCCN2c2cc(C)nc(N)n2)c1. The number of benzene rings is 1. The van der Waals surface area contributed by atoms with E-state index in [1.165, 1.54) is 6.07 Å². The molecule has 1 atom stereocenters. The summed E-state index contributed by atoms with van der Waals surface area (Å²) < 4.78 is 19.8. The molecule has 2 aromatic rings. The third-order valence-corrected chi connectivity index (χ3v) is 4.47. The summed E-state index contributed by atoms with van der Waals surface area (Å²) in [6.45, 7) is 2.71. The Morgan fingerprint density at radius 3 is 2.79 bits per heavy atom. The number of rotatable bonds is 3. The lowest BCUT2D eigenvalue weighted by Crippen LogP contribution is -2.30. The fraction of sp³-hybridized carbons (Fsp3) is 0.444. The third-order valence-electron chi connectivity index (χ3n) is 4.47. The van der Waals surface area contributed by atoms with Crippen LogP contribution in [0.1, 0.15) is 43.0 Å². The fourth-order valence-corrected chi connectivity index (χ4v) is 3.33. The normalized spacial score (nSPS) is 18.3. The van der Waals surface area contributed by atoms with E-state index in [1.807, 2.05) is 13.0 Å². The number of nitrogens with two attached hydrogens (primary N) is 1. The first-order valence-corrected chi connectivity index (χ1v) is 8.29. The van der Waals surface area contributed by atoms with Crippen molar-refractivity contribution in [3.05, 3.63) is 41.3 Å². The Morgan fingerprint density at radius 1 is 1.21 bits per heavy atom. The van der Waals surface area contributed by atoms with Crippen LogP contribution in [0.2, 0.25) is 0 Å². The zero-order valence-electron chi connectivity index (χ0n) is 14.1. The molecular formula is C18H23FN4O. The number of halogens is 1. The van der Waals surface area contributed by atoms with Gasteiger partial charge in [-0.25, -0.2) is 9.37 Å². The van der Waals surface area contributed by atoms with Crippen molar-refractivity contribution >= 4 is 11.8 Å². The Balaban J connectivity index is 2.05. The Hall–Kier alpha value is -2.37. The van der Waals surface area contributed by atoms with Crippen LogP contribution in [0.4, 0.5) is 16.2 Å². The zero-order chi connectivity index (χ0) is 17.1. The molecule has 128 valence electrons. The van der Waals surface area contributed by atoms with Gasteiger partial charge in [0, 0.05) is 23.9 Å². The molecule has 0 saturated carbocycles. The number of anilines is 2. The summed E-state index contributed by atoms with van der Waals surface area (Å²) in [5.41, 5.74) is 7.28. The molecule has 5 nitrogen and oxygen atoms in total. The molecule has 0 bridgehead atoms. The number of hydrogen-bond acceptors (Lipinski definition) is 5. The molecule has 0 spiro atoms. The summed E-state index contributed by atoms with van der Waals surface area (Å²) >= 11 is 0. The molecule has 3 rings (SSSR count). The number of aryl methyl sites for hydroxylation is 1. The Labute approximate surface area is 141 Å². The summed E-state index contributed by atoms with van der Waals surface area (Å²) in [5, 5.41) is 0. The molecule has 1 aliphatic heterocycles. The largest absolute Gasteiger partial charge is 0.497 e. The number of aromatic nitrogens is 2. The van der Waals surface area contributed by atoms with Gasteiger partial charge < -0.3 is 15.4 Å². The first-order valence-electron chi connectivity index (χ1n) is 8.29. The number of nitrogens with zero attached hydrogens (tertiary/aromatic N) is 3. The van der Waals surface area contributed by atoms with Crippen LogP contribution in [0.15, 0.2) is 24.3 Å². The van der Waals surface area contributed by atoms with E-state index >= 15 is 0 Å². The Kier molecular flexibility index (Phi) is 4.83. The standard InChI is InChI=1S/C18H23FN4O/c1-12-10-17(22-18(20)21-12)23-9-5-3-4-6-16(23)14-11-13(24-2)7-8-15(14)19/h7-8,10-11,16H,3-6,9H2,1-2H3,(H2,20,21,22). The predicted octanol–water partition coefficient (Wildman–Crippen LogP) is 3.64. The average Bonchev–Trinajstić information content (AvgIpc) is 2.80. The van der Waals surface area contributed by atoms with E-state index < -0.39 is 0 Å². The van der Waals surface area contributed by atoms with E-state index in [0.29, 0.717) is 11.3 Å². The molecule has 1 fully saturated rings. The van der Waals surface area contributed by atoms with Crippen molar-refractivity contribution in [3.63, 3.8) is 0 Å². The van der Waals surface area contributed by atoms with Crippen molar-refractivity contribution in [2.45, 2.75) is 38.6 Å². The second kappa shape index (κ2) is 7.03. The molecule has 1 saturated heterocycles. The maximum Gasteiger partial charge on any atom is 0.222 e. The predicted molar refractivity (Wildman–Crippen MR) is 92.7 cm³/mol. The van der Waals surface area contributed by atoms with Gasteiger partial charge in [0.05, 0.1) is 13.2 Å². The molecular weight excluding hydrogens is 307 g/mol. The number of hydrogen-bond donors (Lipinski definition) is 1. The lowest BCUT2D eigenvalue weighted by molar-refractivity contribution is 0.411. The van der Waals surface area contributed by atoms with Crippen molar-refractivity contribution in [1.29, 1.82) is 0 Å². The minimum absolute atomic E-state index is 0.0868. The van der Waals surface area contributed by atoms with E-state index in [4.69, 9.17) is 10.5 Å². The smallest absolute Gasteiger partial charge is 0.222 e. The lowest BCUT2D eigenvalue weighted by atomic mass is 9.99. The molecule has 0 aliphatic carbocycles. The first kappa shape index (κ1) is 16.5. The first-order chi connectivity index (χ1) is 11.6. The molecule has 0 amide bonds. The van der Waals surface area contributed by atoms with E-state index in [2.05, 4.69) is 14.9 Å². The quantitative estimate of drug-likeness (QED) is 0.931. The highest BCUT2D eigenvalue weighted by Gasteiger charge is 2.27. The summed E-state index contributed by atoms with van der Waals surface area (Å²) in [6.07, 6.45) is 4.09. The van der Waals surface area contributed by atoms with Gasteiger partial charge in [0.25, 0.3) is 0 Å². The van der Waals surface area contributed by atoms with Crippen LogP contribution < -0.4 is 15.4 Å². The van der Waals surface area contributed by atoms with Crippen molar-refractivity contribution in [2.75, 3.05) is 24.3 Å². The van der Waals surface area contributed by atoms with E-state index in [-0.39, 0.29) is 17.8 Å². The van der Waals surface area contributed by atoms with E-state index in [1.54, 1.807) is 19.2 Å². The van der Waals surface area contributed by atoms with Gasteiger partial charge in [-0.1, -0.05) is 12.8 Å². The van der Waals surface area contributed by atoms with Crippen LogP contribution in [-0.4, -0.2) is 23.6 Å². The highest BCUT2D eigenvalue weighted by Crippen LogP contribution is 2.36. The maximum absolute atomic E-state index is 14.5. The van der Waals surface area contributed by atoms with Crippen LogP contribution >= 0.6 is 0 Å². The molecule has 1 aromatic heterocycles. The lowest BCUT2D eigenvalue weighted by Gasteiger charge is -2.32.